The topological polar surface area (TPSA) is 67.9 Å². The first-order valence-electron chi connectivity index (χ1n) is 13.2. The fraction of sp³-hybridized carbons (Fsp3) is 0.375. The maximum absolute atomic E-state index is 13.7. The van der Waals surface area contributed by atoms with E-state index in [1.807, 2.05) is 92.7 Å². The Hall–Kier alpha value is -3.80. The fourth-order valence-corrected chi connectivity index (χ4v) is 4.12. The van der Waals surface area contributed by atoms with Gasteiger partial charge in [-0.25, -0.2) is 0 Å². The molecule has 1 atom stereocenters. The monoisotopic (exact) mass is 516 g/mol. The maximum atomic E-state index is 13.7. The molecule has 6 nitrogen and oxygen atoms in total. The number of benzene rings is 3. The van der Waals surface area contributed by atoms with Gasteiger partial charge in [-0.1, -0.05) is 82.3 Å². The second kappa shape index (κ2) is 14.2. The zero-order chi connectivity index (χ0) is 27.5. The van der Waals surface area contributed by atoms with Crippen molar-refractivity contribution in [2.24, 2.45) is 5.92 Å². The van der Waals surface area contributed by atoms with Crippen molar-refractivity contribution in [1.29, 1.82) is 0 Å². The van der Waals surface area contributed by atoms with Gasteiger partial charge >= 0.3 is 0 Å². The minimum absolute atomic E-state index is 0.173. The van der Waals surface area contributed by atoms with Gasteiger partial charge in [-0.2, -0.15) is 0 Å². The Labute approximate surface area is 227 Å². The lowest BCUT2D eigenvalue weighted by atomic mass is 10.0. The van der Waals surface area contributed by atoms with Crippen molar-refractivity contribution in [3.63, 3.8) is 0 Å². The number of hydrogen-bond acceptors (Lipinski definition) is 4. The van der Waals surface area contributed by atoms with E-state index < -0.39 is 6.04 Å². The number of hydrogen-bond donors (Lipinski definition) is 1. The highest BCUT2D eigenvalue weighted by molar-refractivity contribution is 5.88. The third-order valence-electron chi connectivity index (χ3n) is 6.35. The smallest absolute Gasteiger partial charge is 0.261 e. The number of carbonyl (C=O) groups excluding carboxylic acids is 2. The van der Waals surface area contributed by atoms with Crippen LogP contribution >= 0.6 is 0 Å². The maximum Gasteiger partial charge on any atom is 0.261 e. The van der Waals surface area contributed by atoms with Gasteiger partial charge in [0.15, 0.2) is 6.61 Å². The Morgan fingerprint density at radius 3 is 2.16 bits per heavy atom. The first-order chi connectivity index (χ1) is 18.3. The van der Waals surface area contributed by atoms with Crippen LogP contribution in [0.1, 0.15) is 50.3 Å². The standard InChI is InChI=1S/C32H40N2O4/c1-23(2)20-33-32(36)30(19-25-10-7-6-8-11-25)34(21-26-12-9-13-29(18-26)37-5)31(35)22-38-28-16-14-27(15-17-28)24(3)4/h6-18,23-24,30H,19-22H2,1-5H3,(H,33,36). The number of carbonyl (C=O) groups is 2. The Balaban J connectivity index is 1.89. The van der Waals surface area contributed by atoms with E-state index in [1.165, 1.54) is 5.56 Å². The van der Waals surface area contributed by atoms with E-state index in [9.17, 15) is 9.59 Å². The van der Waals surface area contributed by atoms with E-state index in [1.54, 1.807) is 12.0 Å². The third-order valence-corrected chi connectivity index (χ3v) is 6.35. The lowest BCUT2D eigenvalue weighted by Gasteiger charge is -2.31. The molecule has 202 valence electrons. The van der Waals surface area contributed by atoms with Gasteiger partial charge in [-0.3, -0.25) is 9.59 Å². The van der Waals surface area contributed by atoms with Gasteiger partial charge in [-0.15, -0.1) is 0 Å². The number of amides is 2. The summed E-state index contributed by atoms with van der Waals surface area (Å²) in [7, 11) is 1.61. The van der Waals surface area contributed by atoms with Crippen molar-refractivity contribution in [1.82, 2.24) is 10.2 Å². The van der Waals surface area contributed by atoms with Gasteiger partial charge in [0.05, 0.1) is 7.11 Å². The van der Waals surface area contributed by atoms with E-state index in [4.69, 9.17) is 9.47 Å². The third kappa shape index (κ3) is 8.65. The van der Waals surface area contributed by atoms with Crippen molar-refractivity contribution in [3.8, 4) is 11.5 Å². The molecule has 0 saturated heterocycles. The van der Waals surface area contributed by atoms with Crippen molar-refractivity contribution in [2.45, 2.75) is 52.6 Å². The summed E-state index contributed by atoms with van der Waals surface area (Å²) in [5.74, 6) is 1.57. The van der Waals surface area contributed by atoms with E-state index >= 15 is 0 Å². The quantitative estimate of drug-likeness (QED) is 0.321. The van der Waals surface area contributed by atoms with Crippen LogP contribution in [0.3, 0.4) is 0 Å². The summed E-state index contributed by atoms with van der Waals surface area (Å²) in [6, 6.07) is 24.4. The summed E-state index contributed by atoms with van der Waals surface area (Å²) in [5.41, 5.74) is 3.05. The molecule has 0 aliphatic carbocycles. The molecule has 0 heterocycles. The summed E-state index contributed by atoms with van der Waals surface area (Å²) >= 11 is 0. The Bertz CT molecular complexity index is 1160. The highest BCUT2D eigenvalue weighted by Crippen LogP contribution is 2.21. The lowest BCUT2D eigenvalue weighted by Crippen LogP contribution is -2.52. The number of methoxy groups -OCH3 is 1. The molecular weight excluding hydrogens is 476 g/mol. The average molecular weight is 517 g/mol. The molecule has 2 amide bonds. The van der Waals surface area contributed by atoms with Crippen LogP contribution in [0, 0.1) is 5.92 Å². The summed E-state index contributed by atoms with van der Waals surface area (Å²) in [4.78, 5) is 28.9. The van der Waals surface area contributed by atoms with E-state index in [0.29, 0.717) is 30.4 Å². The zero-order valence-electron chi connectivity index (χ0n) is 23.1. The number of rotatable bonds is 13. The lowest BCUT2D eigenvalue weighted by molar-refractivity contribution is -0.142. The van der Waals surface area contributed by atoms with Crippen LogP contribution in [0.2, 0.25) is 0 Å². The summed E-state index contributed by atoms with van der Waals surface area (Å²) in [6.45, 7) is 8.96. The molecule has 0 aliphatic rings. The zero-order valence-corrected chi connectivity index (χ0v) is 23.1. The van der Waals surface area contributed by atoms with Crippen LogP contribution in [-0.4, -0.2) is 43.0 Å². The van der Waals surface area contributed by atoms with Crippen molar-refractivity contribution in [3.05, 3.63) is 95.6 Å². The SMILES string of the molecule is COc1cccc(CN(C(=O)COc2ccc(C(C)C)cc2)C(Cc2ccccc2)C(=O)NCC(C)C)c1. The largest absolute Gasteiger partial charge is 0.497 e. The Morgan fingerprint density at radius 2 is 1.53 bits per heavy atom. The molecule has 3 aromatic rings. The molecule has 0 bridgehead atoms. The molecular formula is C32H40N2O4. The van der Waals surface area contributed by atoms with Crippen LogP contribution in [-0.2, 0) is 22.6 Å². The van der Waals surface area contributed by atoms with Gasteiger partial charge in [0, 0.05) is 19.5 Å². The van der Waals surface area contributed by atoms with Crippen LogP contribution in [0.4, 0.5) is 0 Å². The predicted molar refractivity (Wildman–Crippen MR) is 151 cm³/mol. The minimum Gasteiger partial charge on any atom is -0.497 e. The first kappa shape index (κ1) is 28.8. The molecule has 38 heavy (non-hydrogen) atoms. The molecule has 3 aromatic carbocycles. The van der Waals surface area contributed by atoms with Crippen molar-refractivity contribution in [2.75, 3.05) is 20.3 Å². The Morgan fingerprint density at radius 1 is 0.842 bits per heavy atom. The van der Waals surface area contributed by atoms with Crippen LogP contribution in [0.25, 0.3) is 0 Å². The van der Waals surface area contributed by atoms with Gasteiger partial charge in [0.2, 0.25) is 5.91 Å². The second-order valence-corrected chi connectivity index (χ2v) is 10.2. The Kier molecular flexibility index (Phi) is 10.8. The van der Waals surface area contributed by atoms with E-state index in [-0.39, 0.29) is 30.9 Å². The van der Waals surface area contributed by atoms with Gasteiger partial charge in [-0.05, 0) is 52.8 Å². The molecule has 1 unspecified atom stereocenters. The highest BCUT2D eigenvalue weighted by Gasteiger charge is 2.30. The van der Waals surface area contributed by atoms with Gasteiger partial charge in [0.25, 0.3) is 5.91 Å². The average Bonchev–Trinajstić information content (AvgIpc) is 2.93. The second-order valence-electron chi connectivity index (χ2n) is 10.2. The normalized spacial score (nSPS) is 11.8. The van der Waals surface area contributed by atoms with E-state index in [0.717, 1.165) is 11.1 Å². The highest BCUT2D eigenvalue weighted by atomic mass is 16.5. The van der Waals surface area contributed by atoms with Crippen molar-refractivity contribution >= 4 is 11.8 Å². The van der Waals surface area contributed by atoms with Crippen LogP contribution < -0.4 is 14.8 Å². The van der Waals surface area contributed by atoms with E-state index in [2.05, 4.69) is 19.2 Å². The fourth-order valence-electron chi connectivity index (χ4n) is 4.12. The van der Waals surface area contributed by atoms with Crippen LogP contribution in [0.5, 0.6) is 11.5 Å². The molecule has 0 aliphatic heterocycles. The van der Waals surface area contributed by atoms with Crippen molar-refractivity contribution < 1.29 is 19.1 Å². The molecule has 0 saturated carbocycles. The van der Waals surface area contributed by atoms with Gasteiger partial charge in [0.1, 0.15) is 17.5 Å². The molecule has 0 radical (unpaired) electrons. The predicted octanol–water partition coefficient (Wildman–Crippen LogP) is 5.61. The summed E-state index contributed by atoms with van der Waals surface area (Å²) in [6.07, 6.45) is 0.392. The van der Waals surface area contributed by atoms with Gasteiger partial charge < -0.3 is 19.7 Å². The molecule has 0 fully saturated rings. The molecule has 1 N–H and O–H groups in total. The molecule has 0 spiro atoms. The summed E-state index contributed by atoms with van der Waals surface area (Å²) < 4.78 is 11.3. The number of ether oxygens (including phenoxy) is 2. The van der Waals surface area contributed by atoms with Crippen LogP contribution in [0.15, 0.2) is 78.9 Å². The minimum atomic E-state index is -0.707. The molecule has 3 rings (SSSR count). The first-order valence-corrected chi connectivity index (χ1v) is 13.2. The number of nitrogens with one attached hydrogen (secondary N) is 1. The molecule has 0 aromatic heterocycles. The number of nitrogens with zero attached hydrogens (tertiary/aromatic N) is 1. The summed E-state index contributed by atoms with van der Waals surface area (Å²) in [5, 5.41) is 3.04. The molecule has 6 heteroatoms.